The van der Waals surface area contributed by atoms with Gasteiger partial charge in [0.1, 0.15) is 5.82 Å². The maximum Gasteiger partial charge on any atom is 0.269 e. The Morgan fingerprint density at radius 2 is 2.03 bits per heavy atom. The lowest BCUT2D eigenvalue weighted by Gasteiger charge is -2.39. The molecule has 1 aromatic heterocycles. The number of carbonyl (C=O) groups excluding carboxylic acids is 2. The smallest absolute Gasteiger partial charge is 0.269 e. The first-order chi connectivity index (χ1) is 15.6. The van der Waals surface area contributed by atoms with Crippen LogP contribution in [0.2, 0.25) is 5.02 Å². The van der Waals surface area contributed by atoms with Crippen molar-refractivity contribution >= 4 is 34.8 Å². The number of rotatable bonds is 4. The summed E-state index contributed by atoms with van der Waals surface area (Å²) in [5.41, 5.74) is 1.90. The van der Waals surface area contributed by atoms with Crippen LogP contribution in [0.15, 0.2) is 65.1 Å². The molecule has 33 heavy (non-hydrogen) atoms. The molecule has 1 aliphatic carbocycles. The molecule has 0 radical (unpaired) electrons. The van der Waals surface area contributed by atoms with Crippen molar-refractivity contribution in [1.82, 2.24) is 10.3 Å². The number of carbonyl (C=O) groups is 2. The number of benzene rings is 1. The molecule has 0 bridgehead atoms. The number of nitrogens with one attached hydrogen (secondary N) is 2. The third-order valence-corrected chi connectivity index (χ3v) is 6.24. The summed E-state index contributed by atoms with van der Waals surface area (Å²) in [6.07, 6.45) is 2.45. The van der Waals surface area contributed by atoms with E-state index in [-0.39, 0.29) is 27.5 Å². The molecular formula is C24H23ClN4O4. The van der Waals surface area contributed by atoms with E-state index in [0.29, 0.717) is 35.5 Å². The Morgan fingerprint density at radius 3 is 2.70 bits per heavy atom. The van der Waals surface area contributed by atoms with Gasteiger partial charge in [-0.05, 0) is 42.5 Å². The van der Waals surface area contributed by atoms with Crippen LogP contribution in [-0.4, -0.2) is 21.6 Å². The minimum absolute atomic E-state index is 0.114. The van der Waals surface area contributed by atoms with Gasteiger partial charge in [0, 0.05) is 58.2 Å². The van der Waals surface area contributed by atoms with Crippen molar-refractivity contribution in [1.29, 1.82) is 0 Å². The first-order valence-corrected chi connectivity index (χ1v) is 10.9. The number of allylic oxidation sites excluding steroid dienone is 3. The maximum absolute atomic E-state index is 13.4. The topological polar surface area (TPSA) is 114 Å². The molecule has 8 nitrogen and oxygen atoms in total. The fraction of sp³-hybridized carbons (Fsp3) is 0.292. The van der Waals surface area contributed by atoms with E-state index in [1.165, 1.54) is 18.2 Å². The van der Waals surface area contributed by atoms with Crippen molar-refractivity contribution in [2.75, 3.05) is 5.32 Å². The van der Waals surface area contributed by atoms with E-state index in [1.54, 1.807) is 31.3 Å². The van der Waals surface area contributed by atoms with Crippen LogP contribution in [0.1, 0.15) is 45.1 Å². The highest BCUT2D eigenvalue weighted by atomic mass is 35.5. The van der Waals surface area contributed by atoms with E-state index in [0.717, 1.165) is 5.70 Å². The van der Waals surface area contributed by atoms with Gasteiger partial charge in [0.05, 0.1) is 4.92 Å². The molecule has 1 unspecified atom stereocenters. The molecule has 1 aromatic carbocycles. The van der Waals surface area contributed by atoms with E-state index >= 15 is 0 Å². The molecule has 0 saturated carbocycles. The van der Waals surface area contributed by atoms with Crippen LogP contribution in [0.5, 0.6) is 0 Å². The quantitative estimate of drug-likeness (QED) is 0.490. The molecule has 1 amide bonds. The third-order valence-electron chi connectivity index (χ3n) is 5.89. The summed E-state index contributed by atoms with van der Waals surface area (Å²) in [4.78, 5) is 41.9. The number of pyridine rings is 1. The number of non-ortho nitro benzene ring substituents is 1. The zero-order valence-electron chi connectivity index (χ0n) is 18.4. The summed E-state index contributed by atoms with van der Waals surface area (Å²) in [5.74, 6) is -1.07. The number of ketones is 1. The molecule has 2 heterocycles. The number of amides is 1. The summed E-state index contributed by atoms with van der Waals surface area (Å²) >= 11 is 6.50. The monoisotopic (exact) mass is 466 g/mol. The molecule has 1 atom stereocenters. The number of dihydropyridines is 1. The standard InChI is InChI=1S/C24H23ClN4O4/c1-13-20(23(31)28-19-6-4-5-9-26-19)21(15-10-14(29(32)33)7-8-16(15)25)22-17(27-13)11-24(2,3)12-18(22)30/h4-10,21,27H,11-12H2,1-3H3,(H,26,28,31). The molecule has 4 rings (SSSR count). The number of nitrogens with zero attached hydrogens (tertiary/aromatic N) is 2. The zero-order chi connectivity index (χ0) is 23.9. The van der Waals surface area contributed by atoms with E-state index in [2.05, 4.69) is 15.6 Å². The van der Waals surface area contributed by atoms with Crippen LogP contribution in [0, 0.1) is 15.5 Å². The van der Waals surface area contributed by atoms with Crippen LogP contribution < -0.4 is 10.6 Å². The summed E-state index contributed by atoms with van der Waals surface area (Å²) in [6, 6.07) is 9.20. The van der Waals surface area contributed by atoms with Crippen LogP contribution in [0.4, 0.5) is 11.5 Å². The number of anilines is 1. The van der Waals surface area contributed by atoms with Gasteiger partial charge < -0.3 is 10.6 Å². The second-order valence-corrected chi connectivity index (χ2v) is 9.47. The first kappa shape index (κ1) is 22.7. The number of hydrogen-bond donors (Lipinski definition) is 2. The zero-order valence-corrected chi connectivity index (χ0v) is 19.2. The molecule has 170 valence electrons. The van der Waals surface area contributed by atoms with Gasteiger partial charge in [-0.25, -0.2) is 4.98 Å². The largest absolute Gasteiger partial charge is 0.362 e. The second kappa shape index (κ2) is 8.44. The number of nitro groups is 1. The fourth-order valence-electron chi connectivity index (χ4n) is 4.53. The highest BCUT2D eigenvalue weighted by Gasteiger charge is 2.43. The predicted octanol–water partition coefficient (Wildman–Crippen LogP) is 4.89. The molecule has 1 aliphatic heterocycles. The average molecular weight is 467 g/mol. The van der Waals surface area contributed by atoms with Gasteiger partial charge in [0.25, 0.3) is 11.6 Å². The summed E-state index contributed by atoms with van der Waals surface area (Å²) in [5, 5.41) is 17.7. The first-order valence-electron chi connectivity index (χ1n) is 10.5. The Balaban J connectivity index is 1.89. The second-order valence-electron chi connectivity index (χ2n) is 9.06. The number of Topliss-reactive ketones (excluding diaryl/α,β-unsaturated/α-hetero) is 1. The van der Waals surface area contributed by atoms with Gasteiger partial charge in [0.2, 0.25) is 0 Å². The van der Waals surface area contributed by atoms with Crippen LogP contribution in [-0.2, 0) is 9.59 Å². The third kappa shape index (κ3) is 4.39. The van der Waals surface area contributed by atoms with Crippen molar-refractivity contribution in [3.63, 3.8) is 0 Å². The Labute approximate surface area is 195 Å². The van der Waals surface area contributed by atoms with Gasteiger partial charge in [-0.15, -0.1) is 0 Å². The molecule has 9 heteroatoms. The fourth-order valence-corrected chi connectivity index (χ4v) is 4.76. The van der Waals surface area contributed by atoms with Crippen molar-refractivity contribution in [3.05, 3.63) is 85.8 Å². The van der Waals surface area contributed by atoms with Crippen LogP contribution in [0.3, 0.4) is 0 Å². The predicted molar refractivity (Wildman–Crippen MR) is 125 cm³/mol. The van der Waals surface area contributed by atoms with Crippen molar-refractivity contribution in [3.8, 4) is 0 Å². The van der Waals surface area contributed by atoms with Crippen molar-refractivity contribution < 1.29 is 14.5 Å². The number of halogens is 1. The molecule has 0 saturated heterocycles. The Hall–Kier alpha value is -3.52. The highest BCUT2D eigenvalue weighted by Crippen LogP contribution is 2.48. The number of nitro benzene ring substituents is 1. The Kier molecular flexibility index (Phi) is 5.80. The van der Waals surface area contributed by atoms with Crippen LogP contribution in [0.25, 0.3) is 0 Å². The van der Waals surface area contributed by atoms with E-state index in [9.17, 15) is 19.7 Å². The minimum Gasteiger partial charge on any atom is -0.362 e. The van der Waals surface area contributed by atoms with E-state index < -0.39 is 16.7 Å². The van der Waals surface area contributed by atoms with E-state index in [1.807, 2.05) is 13.8 Å². The van der Waals surface area contributed by atoms with Gasteiger partial charge >= 0.3 is 0 Å². The maximum atomic E-state index is 13.4. The Bertz CT molecular complexity index is 1230. The Morgan fingerprint density at radius 1 is 1.27 bits per heavy atom. The normalized spacial score (nSPS) is 19.6. The summed E-state index contributed by atoms with van der Waals surface area (Å²) < 4.78 is 0. The summed E-state index contributed by atoms with van der Waals surface area (Å²) in [7, 11) is 0. The van der Waals surface area contributed by atoms with Crippen molar-refractivity contribution in [2.24, 2.45) is 5.41 Å². The minimum atomic E-state index is -0.846. The molecule has 2 N–H and O–H groups in total. The number of aromatic nitrogens is 1. The van der Waals surface area contributed by atoms with Crippen LogP contribution >= 0.6 is 11.6 Å². The van der Waals surface area contributed by atoms with Gasteiger partial charge in [0.15, 0.2) is 5.78 Å². The van der Waals surface area contributed by atoms with Crippen molar-refractivity contribution in [2.45, 2.75) is 39.5 Å². The molecule has 2 aliphatic rings. The van der Waals surface area contributed by atoms with Gasteiger partial charge in [-0.1, -0.05) is 31.5 Å². The SMILES string of the molecule is CC1=C(C(=O)Nc2ccccn2)C(c2cc([N+](=O)[O-])ccc2Cl)C2=C(CC(C)(C)CC2=O)N1. The lowest BCUT2D eigenvalue weighted by Crippen LogP contribution is -2.39. The average Bonchev–Trinajstić information content (AvgIpc) is 2.72. The summed E-state index contributed by atoms with van der Waals surface area (Å²) in [6.45, 7) is 5.77. The van der Waals surface area contributed by atoms with Gasteiger partial charge in [-0.3, -0.25) is 19.7 Å². The lowest BCUT2D eigenvalue weighted by atomic mass is 9.68. The molecule has 2 aromatic rings. The molecule has 0 fully saturated rings. The lowest BCUT2D eigenvalue weighted by molar-refractivity contribution is -0.384. The highest BCUT2D eigenvalue weighted by molar-refractivity contribution is 6.31. The van der Waals surface area contributed by atoms with Gasteiger partial charge in [-0.2, -0.15) is 0 Å². The molecule has 0 spiro atoms. The van der Waals surface area contributed by atoms with E-state index in [4.69, 9.17) is 11.6 Å². The molecular weight excluding hydrogens is 444 g/mol. The number of hydrogen-bond acceptors (Lipinski definition) is 6.